The van der Waals surface area contributed by atoms with E-state index in [0.717, 1.165) is 19.6 Å². The number of ether oxygens (including phenoxy) is 1. The summed E-state index contributed by atoms with van der Waals surface area (Å²) >= 11 is 0. The number of hydrogen-bond acceptors (Lipinski definition) is 2. The second kappa shape index (κ2) is 6.91. The minimum absolute atomic E-state index is 0.237. The fourth-order valence-electron chi connectivity index (χ4n) is 1.97. The molecule has 0 radical (unpaired) electrons. The molecule has 0 saturated carbocycles. The highest BCUT2D eigenvalue weighted by Gasteiger charge is 2.13. The van der Waals surface area contributed by atoms with Crippen LogP contribution in [0.25, 0.3) is 0 Å². The molecule has 0 spiro atoms. The van der Waals surface area contributed by atoms with Crippen LogP contribution in [0.5, 0.6) is 0 Å². The highest BCUT2D eigenvalue weighted by atomic mass is 16.5. The quantitative estimate of drug-likeness (QED) is 0.782. The first-order valence-electron chi connectivity index (χ1n) is 6.75. The van der Waals surface area contributed by atoms with Crippen molar-refractivity contribution >= 4 is 0 Å². The molecule has 0 aliphatic rings. The van der Waals surface area contributed by atoms with E-state index in [4.69, 9.17) is 4.74 Å². The van der Waals surface area contributed by atoms with Crippen molar-refractivity contribution in [1.82, 2.24) is 5.32 Å². The summed E-state index contributed by atoms with van der Waals surface area (Å²) in [4.78, 5) is 0. The molecule has 1 N–H and O–H groups in total. The normalized spacial score (nSPS) is 13.6. The van der Waals surface area contributed by atoms with Crippen LogP contribution in [0.4, 0.5) is 0 Å². The molecule has 0 saturated heterocycles. The van der Waals surface area contributed by atoms with Gasteiger partial charge in [-0.25, -0.2) is 0 Å². The van der Waals surface area contributed by atoms with E-state index in [1.165, 1.54) is 11.1 Å². The van der Waals surface area contributed by atoms with Gasteiger partial charge >= 0.3 is 0 Å². The summed E-state index contributed by atoms with van der Waals surface area (Å²) in [6, 6.07) is 9.47. The molecule has 2 nitrogen and oxygen atoms in total. The summed E-state index contributed by atoms with van der Waals surface area (Å²) in [7, 11) is 1.73. The fourth-order valence-corrected chi connectivity index (χ4v) is 1.97. The third kappa shape index (κ3) is 5.19. The van der Waals surface area contributed by atoms with Crippen molar-refractivity contribution in [2.45, 2.75) is 45.6 Å². The number of rotatable bonds is 6. The summed E-state index contributed by atoms with van der Waals surface area (Å²) < 4.78 is 5.03. The molecule has 0 aliphatic heterocycles. The summed E-state index contributed by atoms with van der Waals surface area (Å²) in [6.45, 7) is 10.6. The maximum atomic E-state index is 5.03. The van der Waals surface area contributed by atoms with Crippen LogP contribution in [0.15, 0.2) is 24.3 Å². The summed E-state index contributed by atoms with van der Waals surface area (Å²) in [5.74, 6) is 0. The van der Waals surface area contributed by atoms with Gasteiger partial charge in [-0.1, -0.05) is 45.0 Å². The van der Waals surface area contributed by atoms with E-state index in [0.29, 0.717) is 6.04 Å². The molecule has 0 heterocycles. The van der Waals surface area contributed by atoms with Gasteiger partial charge in [0, 0.05) is 19.7 Å². The van der Waals surface area contributed by atoms with Crippen LogP contribution in [0.3, 0.4) is 0 Å². The van der Waals surface area contributed by atoms with Crippen LogP contribution in [0.2, 0.25) is 0 Å². The first-order valence-corrected chi connectivity index (χ1v) is 6.75. The molecule has 0 amide bonds. The Morgan fingerprint density at radius 3 is 2.28 bits per heavy atom. The Morgan fingerprint density at radius 1 is 1.17 bits per heavy atom. The molecule has 1 unspecified atom stereocenters. The van der Waals surface area contributed by atoms with E-state index in [-0.39, 0.29) is 5.41 Å². The van der Waals surface area contributed by atoms with Gasteiger partial charge in [0.25, 0.3) is 0 Å². The monoisotopic (exact) mass is 249 g/mol. The zero-order chi connectivity index (χ0) is 13.6. The predicted molar refractivity (Wildman–Crippen MR) is 78.2 cm³/mol. The SMILES string of the molecule is COCCNC(C)Cc1ccc(C(C)(C)C)cc1. The van der Waals surface area contributed by atoms with Crippen molar-refractivity contribution in [3.05, 3.63) is 35.4 Å². The predicted octanol–water partition coefficient (Wildman–Crippen LogP) is 3.15. The first kappa shape index (κ1) is 15.2. The lowest BCUT2D eigenvalue weighted by molar-refractivity contribution is 0.196. The van der Waals surface area contributed by atoms with Crippen LogP contribution >= 0.6 is 0 Å². The zero-order valence-corrected chi connectivity index (χ0v) is 12.4. The first-order chi connectivity index (χ1) is 8.43. The number of benzene rings is 1. The van der Waals surface area contributed by atoms with Crippen molar-refractivity contribution in [3.63, 3.8) is 0 Å². The van der Waals surface area contributed by atoms with E-state index in [1.54, 1.807) is 7.11 Å². The average Bonchev–Trinajstić information content (AvgIpc) is 2.29. The van der Waals surface area contributed by atoms with Gasteiger partial charge in [0.2, 0.25) is 0 Å². The van der Waals surface area contributed by atoms with E-state index in [9.17, 15) is 0 Å². The highest BCUT2D eigenvalue weighted by molar-refractivity contribution is 5.27. The second-order valence-corrected chi connectivity index (χ2v) is 6.00. The molecule has 0 aliphatic carbocycles. The van der Waals surface area contributed by atoms with Crippen LogP contribution in [0, 0.1) is 0 Å². The molecule has 1 aromatic rings. The van der Waals surface area contributed by atoms with Gasteiger partial charge in [0.05, 0.1) is 6.61 Å². The van der Waals surface area contributed by atoms with Crippen LogP contribution in [0.1, 0.15) is 38.8 Å². The van der Waals surface area contributed by atoms with Gasteiger partial charge < -0.3 is 10.1 Å². The lowest BCUT2D eigenvalue weighted by atomic mass is 9.86. The topological polar surface area (TPSA) is 21.3 Å². The molecule has 0 bridgehead atoms. The molecule has 102 valence electrons. The third-order valence-corrected chi connectivity index (χ3v) is 3.16. The molecular formula is C16H27NO. The maximum Gasteiger partial charge on any atom is 0.0587 e. The third-order valence-electron chi connectivity index (χ3n) is 3.16. The van der Waals surface area contributed by atoms with E-state index in [1.807, 2.05) is 0 Å². The maximum absolute atomic E-state index is 5.03. The Labute approximate surface area is 112 Å². The number of nitrogens with one attached hydrogen (secondary N) is 1. The minimum atomic E-state index is 0.237. The summed E-state index contributed by atoms with van der Waals surface area (Å²) in [5, 5.41) is 3.45. The Hall–Kier alpha value is -0.860. The zero-order valence-electron chi connectivity index (χ0n) is 12.4. The van der Waals surface area contributed by atoms with Crippen LogP contribution in [-0.4, -0.2) is 26.3 Å². The molecular weight excluding hydrogens is 222 g/mol. The molecule has 0 aromatic heterocycles. The van der Waals surface area contributed by atoms with Gasteiger partial charge in [0.15, 0.2) is 0 Å². The summed E-state index contributed by atoms with van der Waals surface area (Å²) in [6.07, 6.45) is 1.06. The standard InChI is InChI=1S/C16H27NO/c1-13(17-10-11-18-5)12-14-6-8-15(9-7-14)16(2,3)4/h6-9,13,17H,10-12H2,1-5H3. The molecule has 0 fully saturated rings. The number of methoxy groups -OCH3 is 1. The lowest BCUT2D eigenvalue weighted by Gasteiger charge is -2.20. The van der Waals surface area contributed by atoms with Crippen LogP contribution < -0.4 is 5.32 Å². The Kier molecular flexibility index (Phi) is 5.83. The van der Waals surface area contributed by atoms with Crippen molar-refractivity contribution < 1.29 is 4.74 Å². The fraction of sp³-hybridized carbons (Fsp3) is 0.625. The largest absolute Gasteiger partial charge is 0.383 e. The highest BCUT2D eigenvalue weighted by Crippen LogP contribution is 2.22. The Bertz CT molecular complexity index is 337. The van der Waals surface area contributed by atoms with Crippen molar-refractivity contribution in [2.24, 2.45) is 0 Å². The number of hydrogen-bond donors (Lipinski definition) is 1. The Balaban J connectivity index is 2.48. The molecule has 18 heavy (non-hydrogen) atoms. The van der Waals surface area contributed by atoms with E-state index < -0.39 is 0 Å². The van der Waals surface area contributed by atoms with Gasteiger partial charge in [-0.2, -0.15) is 0 Å². The minimum Gasteiger partial charge on any atom is -0.383 e. The van der Waals surface area contributed by atoms with Gasteiger partial charge in [-0.05, 0) is 29.9 Å². The van der Waals surface area contributed by atoms with Gasteiger partial charge in [-0.3, -0.25) is 0 Å². The average molecular weight is 249 g/mol. The van der Waals surface area contributed by atoms with Crippen LogP contribution in [-0.2, 0) is 16.6 Å². The van der Waals surface area contributed by atoms with Gasteiger partial charge in [-0.15, -0.1) is 0 Å². The molecule has 2 heteroatoms. The summed E-state index contributed by atoms with van der Waals surface area (Å²) in [5.41, 5.74) is 3.02. The second-order valence-electron chi connectivity index (χ2n) is 6.00. The smallest absolute Gasteiger partial charge is 0.0587 e. The van der Waals surface area contributed by atoms with Crippen molar-refractivity contribution in [2.75, 3.05) is 20.3 Å². The molecule has 1 rings (SSSR count). The van der Waals surface area contributed by atoms with E-state index >= 15 is 0 Å². The van der Waals surface area contributed by atoms with E-state index in [2.05, 4.69) is 57.3 Å². The van der Waals surface area contributed by atoms with Gasteiger partial charge in [0.1, 0.15) is 0 Å². The Morgan fingerprint density at radius 2 is 1.78 bits per heavy atom. The molecule has 1 atom stereocenters. The lowest BCUT2D eigenvalue weighted by Crippen LogP contribution is -2.30. The van der Waals surface area contributed by atoms with Crippen molar-refractivity contribution in [1.29, 1.82) is 0 Å². The van der Waals surface area contributed by atoms with Crippen molar-refractivity contribution in [3.8, 4) is 0 Å². The molecule has 1 aromatic carbocycles.